The van der Waals surface area contributed by atoms with Gasteiger partial charge in [0.15, 0.2) is 0 Å². The Morgan fingerprint density at radius 2 is 1.86 bits per heavy atom. The summed E-state index contributed by atoms with van der Waals surface area (Å²) in [6.45, 7) is 14.1. The molecule has 1 saturated carbocycles. The van der Waals surface area contributed by atoms with Crippen molar-refractivity contribution in [1.82, 2.24) is 10.2 Å². The first-order chi connectivity index (χ1) is 10.7. The van der Waals surface area contributed by atoms with Gasteiger partial charge in [0.05, 0.1) is 0 Å². The molecule has 0 bridgehead atoms. The van der Waals surface area contributed by atoms with Crippen molar-refractivity contribution in [3.63, 3.8) is 0 Å². The van der Waals surface area contributed by atoms with Crippen molar-refractivity contribution in [1.29, 1.82) is 0 Å². The van der Waals surface area contributed by atoms with E-state index in [1.54, 1.807) is 6.08 Å². The summed E-state index contributed by atoms with van der Waals surface area (Å²) in [4.78, 5) is 2.40. The second-order valence-corrected chi connectivity index (χ2v) is 6.48. The van der Waals surface area contributed by atoms with E-state index in [2.05, 4.69) is 54.2 Å². The van der Waals surface area contributed by atoms with Crippen LogP contribution in [0.1, 0.15) is 18.4 Å². The molecule has 2 fully saturated rings. The molecule has 22 heavy (non-hydrogen) atoms. The summed E-state index contributed by atoms with van der Waals surface area (Å²) < 4.78 is 0. The fourth-order valence-corrected chi connectivity index (χ4v) is 3.65. The van der Waals surface area contributed by atoms with E-state index in [1.165, 1.54) is 18.4 Å². The molecule has 1 N–H and O–H groups in total. The highest BCUT2D eigenvalue weighted by Gasteiger charge is 2.52. The van der Waals surface area contributed by atoms with Crippen LogP contribution in [0.15, 0.2) is 74.0 Å². The molecular formula is C20H24N2. The SMILES string of the molecule is C=C/C=C(\C=C)NC1CC2(C1)CN(C(=C)c1ccccc1)C2. The summed E-state index contributed by atoms with van der Waals surface area (Å²) in [5.74, 6) is 0. The van der Waals surface area contributed by atoms with Gasteiger partial charge in [-0.15, -0.1) is 0 Å². The van der Waals surface area contributed by atoms with E-state index in [0.717, 1.165) is 24.5 Å². The third kappa shape index (κ3) is 2.74. The van der Waals surface area contributed by atoms with Crippen LogP contribution >= 0.6 is 0 Å². The lowest BCUT2D eigenvalue weighted by Crippen LogP contribution is -2.65. The summed E-state index contributed by atoms with van der Waals surface area (Å²) in [6, 6.07) is 11.0. The fourth-order valence-electron chi connectivity index (χ4n) is 3.65. The zero-order valence-corrected chi connectivity index (χ0v) is 13.1. The van der Waals surface area contributed by atoms with Crippen molar-refractivity contribution in [3.05, 3.63) is 79.6 Å². The highest BCUT2D eigenvalue weighted by molar-refractivity contribution is 5.62. The zero-order valence-electron chi connectivity index (χ0n) is 13.1. The van der Waals surface area contributed by atoms with E-state index in [1.807, 2.05) is 18.2 Å². The average molecular weight is 292 g/mol. The second kappa shape index (κ2) is 5.88. The molecular weight excluding hydrogens is 268 g/mol. The van der Waals surface area contributed by atoms with Gasteiger partial charge in [-0.1, -0.05) is 56.1 Å². The quantitative estimate of drug-likeness (QED) is 0.798. The minimum atomic E-state index is 0.496. The molecule has 2 nitrogen and oxygen atoms in total. The number of nitrogens with zero attached hydrogens (tertiary/aromatic N) is 1. The molecule has 1 spiro atoms. The van der Waals surface area contributed by atoms with E-state index >= 15 is 0 Å². The van der Waals surface area contributed by atoms with Gasteiger partial charge in [0.25, 0.3) is 0 Å². The molecule has 0 atom stereocenters. The monoisotopic (exact) mass is 292 g/mol. The van der Waals surface area contributed by atoms with Crippen molar-refractivity contribution >= 4 is 5.70 Å². The lowest BCUT2D eigenvalue weighted by Gasteiger charge is -2.60. The lowest BCUT2D eigenvalue weighted by molar-refractivity contribution is -0.0442. The van der Waals surface area contributed by atoms with Crippen LogP contribution in [0.25, 0.3) is 5.70 Å². The summed E-state index contributed by atoms with van der Waals surface area (Å²) in [7, 11) is 0. The van der Waals surface area contributed by atoms with Gasteiger partial charge in [-0.25, -0.2) is 0 Å². The first-order valence-electron chi connectivity index (χ1n) is 7.87. The maximum atomic E-state index is 4.25. The highest BCUT2D eigenvalue weighted by atomic mass is 15.2. The van der Waals surface area contributed by atoms with Gasteiger partial charge in [0, 0.05) is 35.9 Å². The maximum absolute atomic E-state index is 4.25. The van der Waals surface area contributed by atoms with Gasteiger partial charge in [-0.3, -0.25) is 0 Å². The number of hydrogen-bond donors (Lipinski definition) is 1. The van der Waals surface area contributed by atoms with Crippen LogP contribution in [0.5, 0.6) is 0 Å². The van der Waals surface area contributed by atoms with Crippen LogP contribution in [0.2, 0.25) is 0 Å². The third-order valence-corrected chi connectivity index (χ3v) is 4.79. The normalized spacial score (nSPS) is 20.0. The Balaban J connectivity index is 1.49. The summed E-state index contributed by atoms with van der Waals surface area (Å²) in [6.07, 6.45) is 8.09. The minimum Gasteiger partial charge on any atom is -0.382 e. The number of rotatable bonds is 6. The Bertz CT molecular complexity index is 598. The number of likely N-dealkylation sites (tertiary alicyclic amines) is 1. The number of hydrogen-bond acceptors (Lipinski definition) is 2. The van der Waals surface area contributed by atoms with Crippen molar-refractivity contribution in [2.24, 2.45) is 5.41 Å². The van der Waals surface area contributed by atoms with Crippen molar-refractivity contribution in [3.8, 4) is 0 Å². The molecule has 1 heterocycles. The predicted molar refractivity (Wildman–Crippen MR) is 94.1 cm³/mol. The van der Waals surface area contributed by atoms with E-state index in [9.17, 15) is 0 Å². The molecule has 2 aliphatic rings. The van der Waals surface area contributed by atoms with Crippen molar-refractivity contribution in [2.45, 2.75) is 18.9 Å². The van der Waals surface area contributed by atoms with Gasteiger partial charge < -0.3 is 10.2 Å². The number of nitrogens with one attached hydrogen (secondary N) is 1. The molecule has 1 aliphatic carbocycles. The summed E-state index contributed by atoms with van der Waals surface area (Å²) >= 11 is 0. The van der Waals surface area contributed by atoms with Crippen molar-refractivity contribution < 1.29 is 0 Å². The smallest absolute Gasteiger partial charge is 0.0367 e. The molecule has 114 valence electrons. The molecule has 0 radical (unpaired) electrons. The van der Waals surface area contributed by atoms with E-state index in [0.29, 0.717) is 11.5 Å². The Labute approximate surface area is 133 Å². The molecule has 3 rings (SSSR count). The Hall–Kier alpha value is -2.22. The van der Waals surface area contributed by atoms with Gasteiger partial charge in [0.2, 0.25) is 0 Å². The van der Waals surface area contributed by atoms with Gasteiger partial charge in [-0.2, -0.15) is 0 Å². The van der Waals surface area contributed by atoms with Crippen LogP contribution in [-0.4, -0.2) is 24.0 Å². The Kier molecular flexibility index (Phi) is 3.93. The van der Waals surface area contributed by atoms with E-state index < -0.39 is 0 Å². The maximum Gasteiger partial charge on any atom is 0.0367 e. The average Bonchev–Trinajstić information content (AvgIpc) is 2.47. The van der Waals surface area contributed by atoms with Gasteiger partial charge in [0.1, 0.15) is 0 Å². The van der Waals surface area contributed by atoms with Crippen molar-refractivity contribution in [2.75, 3.05) is 13.1 Å². The second-order valence-electron chi connectivity index (χ2n) is 6.48. The fraction of sp³-hybridized carbons (Fsp3) is 0.300. The van der Waals surface area contributed by atoms with Gasteiger partial charge >= 0.3 is 0 Å². The van der Waals surface area contributed by atoms with E-state index in [4.69, 9.17) is 0 Å². The lowest BCUT2D eigenvalue weighted by atomic mass is 9.60. The molecule has 2 heteroatoms. The van der Waals surface area contributed by atoms with Crippen LogP contribution in [0.3, 0.4) is 0 Å². The van der Waals surface area contributed by atoms with Crippen LogP contribution in [0.4, 0.5) is 0 Å². The molecule has 0 aromatic heterocycles. The first-order valence-corrected chi connectivity index (χ1v) is 7.87. The first kappa shape index (κ1) is 14.7. The highest BCUT2D eigenvalue weighted by Crippen LogP contribution is 2.50. The predicted octanol–water partition coefficient (Wildman–Crippen LogP) is 3.97. The Morgan fingerprint density at radius 3 is 2.45 bits per heavy atom. The third-order valence-electron chi connectivity index (χ3n) is 4.79. The van der Waals surface area contributed by atoms with Gasteiger partial charge in [-0.05, 0) is 30.6 Å². The zero-order chi connectivity index (χ0) is 15.6. The molecule has 0 unspecified atom stereocenters. The van der Waals surface area contributed by atoms with Crippen LogP contribution in [0, 0.1) is 5.41 Å². The molecule has 1 aliphatic heterocycles. The Morgan fingerprint density at radius 1 is 1.18 bits per heavy atom. The van der Waals surface area contributed by atoms with Crippen LogP contribution in [-0.2, 0) is 0 Å². The largest absolute Gasteiger partial charge is 0.382 e. The molecule has 1 aromatic carbocycles. The van der Waals surface area contributed by atoms with E-state index in [-0.39, 0.29) is 0 Å². The molecule has 0 amide bonds. The summed E-state index contributed by atoms with van der Waals surface area (Å²) in [5, 5.41) is 3.53. The number of benzene rings is 1. The summed E-state index contributed by atoms with van der Waals surface area (Å²) in [5.41, 5.74) is 3.95. The molecule has 1 aromatic rings. The number of allylic oxidation sites excluding steroid dienone is 3. The standard InChI is InChI=1S/C20H24N2/c1-4-9-18(5-2)21-19-12-20(13-19)14-22(15-20)16(3)17-10-7-6-8-11-17/h4-11,19,21H,1-3,12-15H2/b18-9+. The topological polar surface area (TPSA) is 15.3 Å². The minimum absolute atomic E-state index is 0.496. The van der Waals surface area contributed by atoms with Crippen LogP contribution < -0.4 is 5.32 Å². The molecule has 1 saturated heterocycles.